The molecule has 0 radical (unpaired) electrons. The Hall–Kier alpha value is -2.79. The van der Waals surface area contributed by atoms with Crippen LogP contribution in [0.1, 0.15) is 5.56 Å². The Morgan fingerprint density at radius 2 is 1.86 bits per heavy atom. The third-order valence-electron chi connectivity index (χ3n) is 3.99. The summed E-state index contributed by atoms with van der Waals surface area (Å²) in [4.78, 5) is 7.73. The number of benzene rings is 2. The highest BCUT2D eigenvalue weighted by Gasteiger charge is 2.24. The van der Waals surface area contributed by atoms with Gasteiger partial charge in [-0.15, -0.1) is 0 Å². The number of hydrogen-bond donors (Lipinski definition) is 4. The summed E-state index contributed by atoms with van der Waals surface area (Å²) in [6, 6.07) is 14.6. The Bertz CT molecular complexity index is 921. The molecule has 2 aromatic carbocycles. The SMILES string of the molecule is NC1=NC(N)(Cc2ccc3[nH]c4ccccc4c3c2)C=CN1. The highest BCUT2D eigenvalue weighted by Crippen LogP contribution is 2.27. The van der Waals surface area contributed by atoms with E-state index in [-0.39, 0.29) is 0 Å². The molecule has 1 aliphatic heterocycles. The average Bonchev–Trinajstić information content (AvgIpc) is 2.85. The van der Waals surface area contributed by atoms with Gasteiger partial charge in [0.25, 0.3) is 0 Å². The van der Waals surface area contributed by atoms with Crippen molar-refractivity contribution < 1.29 is 0 Å². The van der Waals surface area contributed by atoms with E-state index in [9.17, 15) is 0 Å². The van der Waals surface area contributed by atoms with Crippen LogP contribution in [0, 0.1) is 0 Å². The van der Waals surface area contributed by atoms with Crippen LogP contribution in [-0.2, 0) is 6.42 Å². The van der Waals surface area contributed by atoms with Gasteiger partial charge in [-0.25, -0.2) is 4.99 Å². The molecule has 0 spiro atoms. The molecule has 1 aliphatic rings. The Balaban J connectivity index is 1.78. The van der Waals surface area contributed by atoms with Gasteiger partial charge in [0.05, 0.1) is 0 Å². The van der Waals surface area contributed by atoms with E-state index < -0.39 is 5.66 Å². The fraction of sp³-hybridized carbons (Fsp3) is 0.118. The van der Waals surface area contributed by atoms with Crippen LogP contribution >= 0.6 is 0 Å². The summed E-state index contributed by atoms with van der Waals surface area (Å²) in [5, 5.41) is 5.25. The number of guanidine groups is 1. The van der Waals surface area contributed by atoms with E-state index in [1.165, 1.54) is 10.8 Å². The molecular formula is C17H17N5. The van der Waals surface area contributed by atoms with E-state index in [0.29, 0.717) is 12.4 Å². The summed E-state index contributed by atoms with van der Waals surface area (Å²) in [7, 11) is 0. The van der Waals surface area contributed by atoms with Gasteiger partial charge in [0.1, 0.15) is 5.66 Å². The van der Waals surface area contributed by atoms with E-state index in [0.717, 1.165) is 16.6 Å². The van der Waals surface area contributed by atoms with Gasteiger partial charge in [0, 0.05) is 34.4 Å². The average molecular weight is 291 g/mol. The molecule has 0 fully saturated rings. The predicted octanol–water partition coefficient (Wildman–Crippen LogP) is 1.95. The summed E-state index contributed by atoms with van der Waals surface area (Å²) < 4.78 is 0. The van der Waals surface area contributed by atoms with Crippen LogP contribution in [0.25, 0.3) is 21.8 Å². The highest BCUT2D eigenvalue weighted by molar-refractivity contribution is 6.07. The Morgan fingerprint density at radius 1 is 1.05 bits per heavy atom. The quantitative estimate of drug-likeness (QED) is 0.581. The first-order chi connectivity index (χ1) is 10.6. The Morgan fingerprint density at radius 3 is 2.73 bits per heavy atom. The molecule has 5 heteroatoms. The maximum atomic E-state index is 6.31. The van der Waals surface area contributed by atoms with Crippen molar-refractivity contribution in [1.29, 1.82) is 0 Å². The number of H-pyrrole nitrogens is 1. The monoisotopic (exact) mass is 291 g/mol. The summed E-state index contributed by atoms with van der Waals surface area (Å²) in [5.41, 5.74) is 14.6. The third kappa shape index (κ3) is 2.12. The topological polar surface area (TPSA) is 92.2 Å². The van der Waals surface area contributed by atoms with Crippen LogP contribution in [0.3, 0.4) is 0 Å². The first-order valence-electron chi connectivity index (χ1n) is 7.21. The molecule has 6 N–H and O–H groups in total. The second-order valence-corrected chi connectivity index (χ2v) is 5.69. The largest absolute Gasteiger partial charge is 0.370 e. The lowest BCUT2D eigenvalue weighted by atomic mass is 9.98. The number of aromatic nitrogens is 1. The molecule has 0 amide bonds. The number of nitrogens with two attached hydrogens (primary N) is 2. The van der Waals surface area contributed by atoms with Crippen LogP contribution in [0.2, 0.25) is 0 Å². The van der Waals surface area contributed by atoms with Crippen molar-refractivity contribution in [1.82, 2.24) is 10.3 Å². The molecule has 1 aromatic heterocycles. The smallest absolute Gasteiger partial charge is 0.194 e. The zero-order valence-electron chi connectivity index (χ0n) is 12.0. The number of para-hydroxylation sites is 1. The lowest BCUT2D eigenvalue weighted by molar-refractivity contribution is 0.542. The molecule has 5 nitrogen and oxygen atoms in total. The Labute approximate surface area is 127 Å². The molecule has 0 aliphatic carbocycles. The van der Waals surface area contributed by atoms with Crippen molar-refractivity contribution in [2.75, 3.05) is 0 Å². The van der Waals surface area contributed by atoms with Gasteiger partial charge >= 0.3 is 0 Å². The first kappa shape index (κ1) is 12.9. The molecule has 0 bridgehead atoms. The van der Waals surface area contributed by atoms with Crippen molar-refractivity contribution in [3.8, 4) is 0 Å². The zero-order chi connectivity index (χ0) is 15.2. The van der Waals surface area contributed by atoms with Crippen molar-refractivity contribution in [2.24, 2.45) is 16.5 Å². The number of rotatable bonds is 2. The fourth-order valence-corrected chi connectivity index (χ4v) is 3.00. The molecule has 3 aromatic rings. The fourth-order valence-electron chi connectivity index (χ4n) is 3.00. The van der Waals surface area contributed by atoms with E-state index >= 15 is 0 Å². The van der Waals surface area contributed by atoms with Gasteiger partial charge in [-0.3, -0.25) is 0 Å². The van der Waals surface area contributed by atoms with E-state index in [4.69, 9.17) is 11.5 Å². The molecular weight excluding hydrogens is 274 g/mol. The van der Waals surface area contributed by atoms with Crippen molar-refractivity contribution in [2.45, 2.75) is 12.1 Å². The molecule has 0 saturated carbocycles. The Kier molecular flexibility index (Phi) is 2.71. The number of nitrogens with zero attached hydrogens (tertiary/aromatic N) is 1. The molecule has 22 heavy (non-hydrogen) atoms. The van der Waals surface area contributed by atoms with Crippen molar-refractivity contribution >= 4 is 27.8 Å². The number of fused-ring (bicyclic) bond motifs is 3. The molecule has 2 heterocycles. The second kappa shape index (κ2) is 4.61. The number of hydrogen-bond acceptors (Lipinski definition) is 4. The summed E-state index contributed by atoms with van der Waals surface area (Å²) >= 11 is 0. The lowest BCUT2D eigenvalue weighted by Gasteiger charge is -2.25. The molecule has 0 saturated heterocycles. The number of aliphatic imine (C=N–C) groups is 1. The van der Waals surface area contributed by atoms with Crippen LogP contribution in [0.5, 0.6) is 0 Å². The first-order valence-corrected chi connectivity index (χ1v) is 7.21. The van der Waals surface area contributed by atoms with Crippen LogP contribution < -0.4 is 16.8 Å². The van der Waals surface area contributed by atoms with Gasteiger partial charge in [-0.1, -0.05) is 24.3 Å². The van der Waals surface area contributed by atoms with Crippen LogP contribution in [-0.4, -0.2) is 16.6 Å². The van der Waals surface area contributed by atoms with Gasteiger partial charge in [-0.05, 0) is 29.8 Å². The maximum absolute atomic E-state index is 6.31. The summed E-state index contributed by atoms with van der Waals surface area (Å²) in [6.07, 6.45) is 4.18. The third-order valence-corrected chi connectivity index (χ3v) is 3.99. The van der Waals surface area contributed by atoms with Crippen LogP contribution in [0.4, 0.5) is 0 Å². The predicted molar refractivity (Wildman–Crippen MR) is 90.3 cm³/mol. The number of nitrogens with one attached hydrogen (secondary N) is 2. The van der Waals surface area contributed by atoms with Gasteiger partial charge < -0.3 is 21.8 Å². The molecule has 110 valence electrons. The van der Waals surface area contributed by atoms with Gasteiger partial charge in [0.15, 0.2) is 5.96 Å². The maximum Gasteiger partial charge on any atom is 0.194 e. The van der Waals surface area contributed by atoms with E-state index in [2.05, 4.69) is 45.6 Å². The molecule has 1 unspecified atom stereocenters. The molecule has 4 rings (SSSR count). The van der Waals surface area contributed by atoms with Crippen LogP contribution in [0.15, 0.2) is 59.7 Å². The number of aromatic amines is 1. The highest BCUT2D eigenvalue weighted by atomic mass is 15.2. The summed E-state index contributed by atoms with van der Waals surface area (Å²) in [6.45, 7) is 0. The summed E-state index contributed by atoms with van der Waals surface area (Å²) in [5.74, 6) is 0.346. The van der Waals surface area contributed by atoms with Crippen molar-refractivity contribution in [3.63, 3.8) is 0 Å². The van der Waals surface area contributed by atoms with Gasteiger partial charge in [0.2, 0.25) is 0 Å². The second-order valence-electron chi connectivity index (χ2n) is 5.69. The zero-order valence-corrected chi connectivity index (χ0v) is 12.0. The minimum absolute atomic E-state index is 0.346. The van der Waals surface area contributed by atoms with E-state index in [1.807, 2.05) is 18.2 Å². The van der Waals surface area contributed by atoms with E-state index in [1.54, 1.807) is 6.20 Å². The minimum atomic E-state index is -0.797. The molecule has 1 atom stereocenters. The van der Waals surface area contributed by atoms with Gasteiger partial charge in [-0.2, -0.15) is 0 Å². The standard InChI is InChI=1S/C17H17N5/c18-16-20-8-7-17(19,22-16)10-11-5-6-15-13(9-11)12-3-1-2-4-14(12)21-15/h1-9,21H,10,19H2,(H3,18,20,22). The lowest BCUT2D eigenvalue weighted by Crippen LogP contribution is -2.45. The van der Waals surface area contributed by atoms with Crippen molar-refractivity contribution in [3.05, 3.63) is 60.3 Å². The normalized spacial score (nSPS) is 21.0. The minimum Gasteiger partial charge on any atom is -0.370 e.